The van der Waals surface area contributed by atoms with Gasteiger partial charge < -0.3 is 19.5 Å². The molecule has 0 aliphatic heterocycles. The summed E-state index contributed by atoms with van der Waals surface area (Å²) in [6.07, 6.45) is -0.827. The van der Waals surface area contributed by atoms with Crippen molar-refractivity contribution in [3.8, 4) is 11.5 Å². The Labute approximate surface area is 133 Å². The summed E-state index contributed by atoms with van der Waals surface area (Å²) in [5.41, 5.74) is 0.217. The Morgan fingerprint density at radius 1 is 1.09 bits per heavy atom. The number of hydrogen-bond acceptors (Lipinski definition) is 4. The molecule has 1 N–H and O–H groups in total. The fraction of sp³-hybridized carbons (Fsp3) is 0.294. The molecule has 0 heterocycles. The first-order chi connectivity index (χ1) is 11.0. The zero-order valence-electron chi connectivity index (χ0n) is 13.0. The average molecular weight is 323 g/mol. The quantitative estimate of drug-likeness (QED) is 0.851. The number of aliphatic hydroxyl groups excluding tert-OH is 1. The van der Waals surface area contributed by atoms with Crippen LogP contribution in [0.15, 0.2) is 42.5 Å². The number of benzene rings is 2. The van der Waals surface area contributed by atoms with Gasteiger partial charge in [0, 0.05) is 19.7 Å². The van der Waals surface area contributed by atoms with Gasteiger partial charge in [-0.3, -0.25) is 0 Å². The first kappa shape index (κ1) is 17.0. The van der Waals surface area contributed by atoms with E-state index in [1.807, 2.05) is 0 Å². The van der Waals surface area contributed by atoms with E-state index >= 15 is 0 Å². The van der Waals surface area contributed by atoms with E-state index in [1.54, 1.807) is 38.4 Å². The minimum absolute atomic E-state index is 0.0550. The molecule has 124 valence electrons. The molecule has 2 rings (SSSR count). The van der Waals surface area contributed by atoms with Gasteiger partial charge in [0.15, 0.2) is 0 Å². The second-order valence-corrected chi connectivity index (χ2v) is 5.12. The van der Waals surface area contributed by atoms with Gasteiger partial charge in [-0.25, -0.2) is 8.78 Å². The summed E-state index contributed by atoms with van der Waals surface area (Å²) in [5, 5.41) is 10.0. The standard InChI is InChI=1S/C17H19F2NO3/c1-20(17-8-3-12(18)9-16(17)19)10-13(21)11-23-15-6-4-14(22-2)5-7-15/h3-9,13,21H,10-11H2,1-2H3. The van der Waals surface area contributed by atoms with E-state index in [0.29, 0.717) is 11.5 Å². The van der Waals surface area contributed by atoms with Crippen LogP contribution in [0.5, 0.6) is 11.5 Å². The summed E-state index contributed by atoms with van der Waals surface area (Å²) in [6, 6.07) is 10.3. The molecule has 0 saturated carbocycles. The van der Waals surface area contributed by atoms with Crippen molar-refractivity contribution in [1.29, 1.82) is 0 Å². The normalized spacial score (nSPS) is 11.9. The van der Waals surface area contributed by atoms with Crippen molar-refractivity contribution in [2.24, 2.45) is 0 Å². The summed E-state index contributed by atoms with van der Waals surface area (Å²) in [6.45, 7) is 0.207. The van der Waals surface area contributed by atoms with E-state index in [2.05, 4.69) is 0 Å². The summed E-state index contributed by atoms with van der Waals surface area (Å²) < 4.78 is 37.1. The highest BCUT2D eigenvalue weighted by Gasteiger charge is 2.13. The molecule has 2 aromatic carbocycles. The number of hydrogen-bond donors (Lipinski definition) is 1. The van der Waals surface area contributed by atoms with Crippen LogP contribution in [0.3, 0.4) is 0 Å². The number of methoxy groups -OCH3 is 1. The van der Waals surface area contributed by atoms with Crippen LogP contribution < -0.4 is 14.4 Å². The fourth-order valence-electron chi connectivity index (χ4n) is 2.12. The Bertz CT molecular complexity index is 634. The predicted octanol–water partition coefficient (Wildman–Crippen LogP) is 2.85. The van der Waals surface area contributed by atoms with Crippen molar-refractivity contribution in [2.45, 2.75) is 6.10 Å². The molecular formula is C17H19F2NO3. The van der Waals surface area contributed by atoms with Crippen LogP contribution in [0, 0.1) is 11.6 Å². The molecule has 1 unspecified atom stereocenters. The monoisotopic (exact) mass is 323 g/mol. The highest BCUT2D eigenvalue weighted by Crippen LogP contribution is 2.20. The zero-order chi connectivity index (χ0) is 16.8. The van der Waals surface area contributed by atoms with Crippen LogP contribution in [0.4, 0.5) is 14.5 Å². The summed E-state index contributed by atoms with van der Waals surface area (Å²) in [7, 11) is 3.19. The van der Waals surface area contributed by atoms with Crippen molar-refractivity contribution in [2.75, 3.05) is 32.2 Å². The molecule has 0 amide bonds. The molecule has 0 fully saturated rings. The van der Waals surface area contributed by atoms with E-state index in [0.717, 1.165) is 6.07 Å². The third-order valence-corrected chi connectivity index (χ3v) is 3.31. The molecule has 4 nitrogen and oxygen atoms in total. The number of rotatable bonds is 7. The number of anilines is 1. The van der Waals surface area contributed by atoms with Gasteiger partial charge in [0.1, 0.15) is 35.8 Å². The molecule has 6 heteroatoms. The highest BCUT2D eigenvalue weighted by atomic mass is 19.1. The molecular weight excluding hydrogens is 304 g/mol. The molecule has 0 aromatic heterocycles. The van der Waals surface area contributed by atoms with Gasteiger partial charge in [-0.2, -0.15) is 0 Å². The number of aliphatic hydroxyl groups is 1. The van der Waals surface area contributed by atoms with Crippen LogP contribution in [0.25, 0.3) is 0 Å². The molecule has 0 aliphatic rings. The molecule has 0 aliphatic carbocycles. The van der Waals surface area contributed by atoms with Crippen LogP contribution >= 0.6 is 0 Å². The number of likely N-dealkylation sites (N-methyl/N-ethyl adjacent to an activating group) is 1. The lowest BCUT2D eigenvalue weighted by Crippen LogP contribution is -2.33. The number of halogens is 2. The maximum absolute atomic E-state index is 13.7. The molecule has 0 spiro atoms. The second-order valence-electron chi connectivity index (χ2n) is 5.12. The van der Waals surface area contributed by atoms with Gasteiger partial charge in [0.05, 0.1) is 12.8 Å². The predicted molar refractivity (Wildman–Crippen MR) is 84.1 cm³/mol. The van der Waals surface area contributed by atoms with Crippen molar-refractivity contribution >= 4 is 5.69 Å². The average Bonchev–Trinajstić information content (AvgIpc) is 2.53. The smallest absolute Gasteiger partial charge is 0.149 e. The van der Waals surface area contributed by atoms with E-state index in [4.69, 9.17) is 9.47 Å². The van der Waals surface area contributed by atoms with Crippen LogP contribution in [0.1, 0.15) is 0 Å². The molecule has 1 atom stereocenters. The van der Waals surface area contributed by atoms with Crippen LogP contribution in [-0.4, -0.2) is 38.5 Å². The van der Waals surface area contributed by atoms with Gasteiger partial charge >= 0.3 is 0 Å². The van der Waals surface area contributed by atoms with E-state index in [1.165, 1.54) is 17.0 Å². The minimum Gasteiger partial charge on any atom is -0.497 e. The van der Waals surface area contributed by atoms with Crippen molar-refractivity contribution in [3.05, 3.63) is 54.1 Å². The van der Waals surface area contributed by atoms with Crippen molar-refractivity contribution in [3.63, 3.8) is 0 Å². The lowest BCUT2D eigenvalue weighted by atomic mass is 10.2. The van der Waals surface area contributed by atoms with E-state index in [-0.39, 0.29) is 18.8 Å². The van der Waals surface area contributed by atoms with Crippen LogP contribution in [0.2, 0.25) is 0 Å². The minimum atomic E-state index is -0.827. The molecule has 0 bridgehead atoms. The first-order valence-electron chi connectivity index (χ1n) is 7.10. The molecule has 23 heavy (non-hydrogen) atoms. The van der Waals surface area contributed by atoms with Crippen molar-refractivity contribution in [1.82, 2.24) is 0 Å². The van der Waals surface area contributed by atoms with E-state index in [9.17, 15) is 13.9 Å². The Kier molecular flexibility index (Phi) is 5.76. The summed E-state index contributed by atoms with van der Waals surface area (Å²) in [4.78, 5) is 1.51. The van der Waals surface area contributed by atoms with Gasteiger partial charge in [-0.15, -0.1) is 0 Å². The van der Waals surface area contributed by atoms with E-state index < -0.39 is 17.7 Å². The Morgan fingerprint density at radius 3 is 2.35 bits per heavy atom. The van der Waals surface area contributed by atoms with Gasteiger partial charge in [0.25, 0.3) is 0 Å². The number of ether oxygens (including phenoxy) is 2. The number of nitrogens with zero attached hydrogens (tertiary/aromatic N) is 1. The largest absolute Gasteiger partial charge is 0.497 e. The summed E-state index contributed by atoms with van der Waals surface area (Å²) >= 11 is 0. The third-order valence-electron chi connectivity index (χ3n) is 3.31. The molecule has 2 aromatic rings. The molecule has 0 radical (unpaired) electrons. The SMILES string of the molecule is COc1ccc(OCC(O)CN(C)c2ccc(F)cc2F)cc1. The van der Waals surface area contributed by atoms with Gasteiger partial charge in [-0.05, 0) is 36.4 Å². The lowest BCUT2D eigenvalue weighted by Gasteiger charge is -2.23. The Balaban J connectivity index is 1.86. The Morgan fingerprint density at radius 2 is 1.74 bits per heavy atom. The first-order valence-corrected chi connectivity index (χ1v) is 7.10. The lowest BCUT2D eigenvalue weighted by molar-refractivity contribution is 0.113. The topological polar surface area (TPSA) is 41.9 Å². The third kappa shape index (κ3) is 4.82. The fourth-order valence-corrected chi connectivity index (χ4v) is 2.12. The highest BCUT2D eigenvalue weighted by molar-refractivity contribution is 5.47. The van der Waals surface area contributed by atoms with Gasteiger partial charge in [0.2, 0.25) is 0 Å². The van der Waals surface area contributed by atoms with Crippen molar-refractivity contribution < 1.29 is 23.4 Å². The maximum atomic E-state index is 13.7. The second kappa shape index (κ2) is 7.78. The molecule has 0 saturated heterocycles. The summed E-state index contributed by atoms with van der Waals surface area (Å²) in [5.74, 6) is 0.00342. The maximum Gasteiger partial charge on any atom is 0.149 e. The Hall–Kier alpha value is -2.34. The zero-order valence-corrected chi connectivity index (χ0v) is 13.0. The van der Waals surface area contributed by atoms with Crippen LogP contribution in [-0.2, 0) is 0 Å². The van der Waals surface area contributed by atoms with Gasteiger partial charge in [-0.1, -0.05) is 0 Å².